The summed E-state index contributed by atoms with van der Waals surface area (Å²) in [5.41, 5.74) is 0. The highest BCUT2D eigenvalue weighted by Gasteiger charge is 2.39. The van der Waals surface area contributed by atoms with Gasteiger partial charge in [0.2, 0.25) is 6.29 Å². The normalized spacial score (nSPS) is 29.2. The second-order valence-corrected chi connectivity index (χ2v) is 2.14. The van der Waals surface area contributed by atoms with Crippen LogP contribution in [-0.2, 0) is 14.3 Å². The second-order valence-electron chi connectivity index (χ2n) is 2.14. The van der Waals surface area contributed by atoms with Gasteiger partial charge in [-0.2, -0.15) is 0 Å². The number of hydrogen-bond donors (Lipinski definition) is 0. The monoisotopic (exact) mass is 142 g/mol. The van der Waals surface area contributed by atoms with E-state index in [0.717, 1.165) is 12.8 Å². The number of ether oxygens (including phenoxy) is 2. The number of rotatable bonds is 5. The van der Waals surface area contributed by atoms with Crippen LogP contribution in [0.15, 0.2) is 12.7 Å². The Kier molecular flexibility index (Phi) is 2.45. The predicted molar refractivity (Wildman–Crippen MR) is 35.2 cm³/mol. The molecule has 0 amide bonds. The molecule has 0 aliphatic carbocycles. The third-order valence-electron chi connectivity index (χ3n) is 1.38. The lowest BCUT2D eigenvalue weighted by atomic mass is 10.2. The average Bonchev–Trinajstić information content (AvgIpc) is 2.65. The number of hydrogen-bond acceptors (Lipinski definition) is 3. The highest BCUT2D eigenvalue weighted by molar-refractivity contribution is 5.37. The van der Waals surface area contributed by atoms with Gasteiger partial charge < -0.3 is 9.47 Å². The average molecular weight is 142 g/mol. The van der Waals surface area contributed by atoms with Crippen LogP contribution in [-0.4, -0.2) is 18.9 Å². The molecule has 3 heteroatoms. The van der Waals surface area contributed by atoms with Crippen LogP contribution in [0.4, 0.5) is 0 Å². The zero-order chi connectivity index (χ0) is 7.40. The van der Waals surface area contributed by atoms with Crippen molar-refractivity contribution in [3.8, 4) is 0 Å². The highest BCUT2D eigenvalue weighted by atomic mass is 16.8. The maximum absolute atomic E-state index is 9.75. The zero-order valence-corrected chi connectivity index (χ0v) is 5.66. The topological polar surface area (TPSA) is 38.8 Å². The van der Waals surface area contributed by atoms with Gasteiger partial charge in [-0.15, -0.1) is 6.58 Å². The molecular formula is C7H10O3. The smallest absolute Gasteiger partial charge is 0.295 e. The summed E-state index contributed by atoms with van der Waals surface area (Å²) in [6, 6.07) is 0. The van der Waals surface area contributed by atoms with Gasteiger partial charge in [0.25, 0.3) is 6.47 Å². The van der Waals surface area contributed by atoms with Crippen LogP contribution in [0.1, 0.15) is 12.8 Å². The van der Waals surface area contributed by atoms with Crippen molar-refractivity contribution in [2.24, 2.45) is 0 Å². The standard InChI is InChI=1S/C7H10O3/c1-2-3-4-6-7(10-6)9-5-8/h2,5-7H,1,3-4H2. The van der Waals surface area contributed by atoms with E-state index in [2.05, 4.69) is 11.3 Å². The van der Waals surface area contributed by atoms with Crippen LogP contribution in [0.25, 0.3) is 0 Å². The summed E-state index contributed by atoms with van der Waals surface area (Å²) in [5.74, 6) is 0. The summed E-state index contributed by atoms with van der Waals surface area (Å²) in [5, 5.41) is 0. The summed E-state index contributed by atoms with van der Waals surface area (Å²) >= 11 is 0. The summed E-state index contributed by atoms with van der Waals surface area (Å²) in [6.07, 6.45) is 3.45. The van der Waals surface area contributed by atoms with E-state index in [9.17, 15) is 4.79 Å². The Hall–Kier alpha value is -0.830. The van der Waals surface area contributed by atoms with Gasteiger partial charge in [-0.25, -0.2) is 0 Å². The molecule has 0 bridgehead atoms. The van der Waals surface area contributed by atoms with E-state index in [4.69, 9.17) is 4.74 Å². The van der Waals surface area contributed by atoms with Crippen molar-refractivity contribution in [3.05, 3.63) is 12.7 Å². The minimum Gasteiger partial charge on any atom is -0.435 e. The van der Waals surface area contributed by atoms with Crippen LogP contribution in [0, 0.1) is 0 Å². The summed E-state index contributed by atoms with van der Waals surface area (Å²) in [6.45, 7) is 3.98. The third kappa shape index (κ3) is 1.84. The maximum atomic E-state index is 9.75. The van der Waals surface area contributed by atoms with Crippen molar-refractivity contribution < 1.29 is 14.3 Å². The summed E-state index contributed by atoms with van der Waals surface area (Å²) in [4.78, 5) is 9.75. The van der Waals surface area contributed by atoms with Gasteiger partial charge in [0.15, 0.2) is 0 Å². The van der Waals surface area contributed by atoms with Crippen LogP contribution in [0.2, 0.25) is 0 Å². The molecule has 1 aliphatic heterocycles. The largest absolute Gasteiger partial charge is 0.435 e. The third-order valence-corrected chi connectivity index (χ3v) is 1.38. The lowest BCUT2D eigenvalue weighted by molar-refractivity contribution is -0.133. The van der Waals surface area contributed by atoms with E-state index in [0.29, 0.717) is 6.47 Å². The van der Waals surface area contributed by atoms with E-state index in [1.807, 2.05) is 6.08 Å². The van der Waals surface area contributed by atoms with Crippen molar-refractivity contribution >= 4 is 6.47 Å². The lowest BCUT2D eigenvalue weighted by Gasteiger charge is -1.87. The first-order valence-electron chi connectivity index (χ1n) is 3.24. The molecule has 0 aromatic heterocycles. The van der Waals surface area contributed by atoms with Crippen molar-refractivity contribution in [1.82, 2.24) is 0 Å². The van der Waals surface area contributed by atoms with Gasteiger partial charge >= 0.3 is 0 Å². The first-order chi connectivity index (χ1) is 4.88. The molecule has 0 radical (unpaired) electrons. The Morgan fingerprint density at radius 1 is 1.70 bits per heavy atom. The van der Waals surface area contributed by atoms with Crippen molar-refractivity contribution in [1.29, 1.82) is 0 Å². The van der Waals surface area contributed by atoms with E-state index in [1.165, 1.54) is 0 Å². The van der Waals surface area contributed by atoms with Gasteiger partial charge in [-0.1, -0.05) is 6.08 Å². The van der Waals surface area contributed by atoms with Gasteiger partial charge in [0.1, 0.15) is 6.10 Å². The molecule has 2 unspecified atom stereocenters. The molecule has 10 heavy (non-hydrogen) atoms. The zero-order valence-electron chi connectivity index (χ0n) is 5.66. The number of carbonyl (C=O) groups excluding carboxylic acids is 1. The minimum atomic E-state index is -0.280. The highest BCUT2D eigenvalue weighted by Crippen LogP contribution is 2.26. The first kappa shape index (κ1) is 7.28. The van der Waals surface area contributed by atoms with Crippen LogP contribution in [0.5, 0.6) is 0 Å². The molecular weight excluding hydrogens is 132 g/mol. The lowest BCUT2D eigenvalue weighted by Crippen LogP contribution is -1.97. The van der Waals surface area contributed by atoms with E-state index in [-0.39, 0.29) is 12.4 Å². The Morgan fingerprint density at radius 3 is 3.10 bits per heavy atom. The van der Waals surface area contributed by atoms with E-state index in [1.54, 1.807) is 0 Å². The molecule has 0 saturated carbocycles. The molecule has 56 valence electrons. The number of allylic oxidation sites excluding steroid dienone is 1. The first-order valence-corrected chi connectivity index (χ1v) is 3.24. The molecule has 1 aliphatic rings. The van der Waals surface area contributed by atoms with Crippen LogP contribution >= 0.6 is 0 Å². The Morgan fingerprint density at radius 2 is 2.50 bits per heavy atom. The molecule has 1 fully saturated rings. The summed E-state index contributed by atoms with van der Waals surface area (Å²) < 4.78 is 9.48. The quantitative estimate of drug-likeness (QED) is 0.324. The Balaban J connectivity index is 2.01. The fraction of sp³-hybridized carbons (Fsp3) is 0.571. The maximum Gasteiger partial charge on any atom is 0.295 e. The second kappa shape index (κ2) is 3.37. The molecule has 2 atom stereocenters. The van der Waals surface area contributed by atoms with Crippen molar-refractivity contribution in [2.75, 3.05) is 0 Å². The molecule has 0 aromatic rings. The van der Waals surface area contributed by atoms with Crippen molar-refractivity contribution in [3.63, 3.8) is 0 Å². The van der Waals surface area contributed by atoms with Gasteiger partial charge in [-0.05, 0) is 12.8 Å². The Bertz CT molecular complexity index is 133. The van der Waals surface area contributed by atoms with E-state index < -0.39 is 0 Å². The van der Waals surface area contributed by atoms with Crippen LogP contribution < -0.4 is 0 Å². The van der Waals surface area contributed by atoms with Gasteiger partial charge in [-0.3, -0.25) is 4.79 Å². The molecule has 3 nitrogen and oxygen atoms in total. The van der Waals surface area contributed by atoms with Gasteiger partial charge in [0, 0.05) is 0 Å². The molecule has 1 saturated heterocycles. The Labute approximate surface area is 59.6 Å². The number of carbonyl (C=O) groups is 1. The molecule has 0 aromatic carbocycles. The van der Waals surface area contributed by atoms with Gasteiger partial charge in [0.05, 0.1) is 0 Å². The fourth-order valence-corrected chi connectivity index (χ4v) is 0.788. The van der Waals surface area contributed by atoms with Crippen molar-refractivity contribution in [2.45, 2.75) is 25.2 Å². The summed E-state index contributed by atoms with van der Waals surface area (Å²) in [7, 11) is 0. The SMILES string of the molecule is C=CCCC1OC1OC=O. The predicted octanol–water partition coefficient (Wildman–Crippen LogP) is 0.851. The fourth-order valence-electron chi connectivity index (χ4n) is 0.788. The van der Waals surface area contributed by atoms with E-state index >= 15 is 0 Å². The molecule has 1 rings (SSSR count). The number of epoxide rings is 1. The minimum absolute atomic E-state index is 0.114. The molecule has 0 N–H and O–H groups in total. The molecule has 0 spiro atoms. The van der Waals surface area contributed by atoms with Crippen LogP contribution in [0.3, 0.4) is 0 Å². The molecule has 1 heterocycles.